The maximum Gasteiger partial charge on any atom is 0.120 e. The molecule has 20 heavy (non-hydrogen) atoms. The summed E-state index contributed by atoms with van der Waals surface area (Å²) >= 11 is 2.31. The Morgan fingerprint density at radius 3 is 2.90 bits per heavy atom. The molecule has 1 aliphatic heterocycles. The molecule has 1 fully saturated rings. The third kappa shape index (κ3) is 7.31. The van der Waals surface area contributed by atoms with E-state index in [4.69, 9.17) is 4.74 Å². The lowest BCUT2D eigenvalue weighted by Gasteiger charge is -2.31. The maximum absolute atomic E-state index is 5.76. The highest BCUT2D eigenvalue weighted by Crippen LogP contribution is 2.14. The molecule has 6 heteroatoms. The number of rotatable bonds is 5. The van der Waals surface area contributed by atoms with Crippen molar-refractivity contribution < 1.29 is 4.74 Å². The van der Waals surface area contributed by atoms with Crippen molar-refractivity contribution >= 4 is 47.4 Å². The van der Waals surface area contributed by atoms with Crippen LogP contribution < -0.4 is 10.1 Å². The molecule has 1 N–H and O–H groups in total. The summed E-state index contributed by atoms with van der Waals surface area (Å²) in [6, 6.07) is 8.84. The van der Waals surface area contributed by atoms with Crippen molar-refractivity contribution in [3.05, 3.63) is 27.8 Å². The molecule has 116 valence electrons. The molecule has 0 amide bonds. The van der Waals surface area contributed by atoms with E-state index in [0.717, 1.165) is 45.0 Å². The van der Waals surface area contributed by atoms with E-state index in [-0.39, 0.29) is 24.8 Å². The maximum atomic E-state index is 5.76. The monoisotopic (exact) mass is 432 g/mol. The van der Waals surface area contributed by atoms with Crippen molar-refractivity contribution in [1.82, 2.24) is 10.2 Å². The van der Waals surface area contributed by atoms with E-state index in [1.807, 2.05) is 12.1 Å². The molecule has 0 spiro atoms. The van der Waals surface area contributed by atoms with Crippen LogP contribution >= 0.6 is 47.4 Å². The quantitative estimate of drug-likeness (QED) is 0.571. The zero-order valence-electron chi connectivity index (χ0n) is 11.7. The number of benzene rings is 1. The molecule has 0 saturated carbocycles. The smallest absolute Gasteiger partial charge is 0.120 e. The largest absolute Gasteiger partial charge is 0.494 e. The van der Waals surface area contributed by atoms with Crippen LogP contribution in [-0.4, -0.2) is 43.7 Å². The van der Waals surface area contributed by atoms with Gasteiger partial charge in [-0.1, -0.05) is 6.07 Å². The topological polar surface area (TPSA) is 24.5 Å². The molecule has 1 aromatic rings. The van der Waals surface area contributed by atoms with Gasteiger partial charge < -0.3 is 15.0 Å². The first-order chi connectivity index (χ1) is 8.74. The van der Waals surface area contributed by atoms with Crippen molar-refractivity contribution in [2.45, 2.75) is 19.4 Å². The summed E-state index contributed by atoms with van der Waals surface area (Å²) in [6.07, 6.45) is 1.10. The first-order valence-electron chi connectivity index (χ1n) is 6.58. The molecule has 1 aromatic carbocycles. The molecule has 1 heterocycles. The molecule has 1 aliphatic rings. The molecule has 2 rings (SSSR count). The van der Waals surface area contributed by atoms with Crippen LogP contribution in [0.5, 0.6) is 5.75 Å². The molecule has 0 aliphatic carbocycles. The van der Waals surface area contributed by atoms with Crippen LogP contribution in [0.15, 0.2) is 24.3 Å². The lowest BCUT2D eigenvalue weighted by Crippen LogP contribution is -2.49. The Hall–Kier alpha value is 0.250. The van der Waals surface area contributed by atoms with Gasteiger partial charge in [0.05, 0.1) is 6.61 Å². The summed E-state index contributed by atoms with van der Waals surface area (Å²) in [5.74, 6) is 0.982. The first-order valence-corrected chi connectivity index (χ1v) is 7.66. The number of hydrogen-bond acceptors (Lipinski definition) is 3. The highest BCUT2D eigenvalue weighted by Gasteiger charge is 2.14. The van der Waals surface area contributed by atoms with Gasteiger partial charge in [-0.05, 0) is 54.1 Å². The van der Waals surface area contributed by atoms with Crippen LogP contribution in [0.1, 0.15) is 13.3 Å². The second kappa shape index (κ2) is 10.9. The van der Waals surface area contributed by atoms with Crippen molar-refractivity contribution in [3.63, 3.8) is 0 Å². The Morgan fingerprint density at radius 1 is 1.40 bits per heavy atom. The van der Waals surface area contributed by atoms with Gasteiger partial charge in [-0.25, -0.2) is 0 Å². The summed E-state index contributed by atoms with van der Waals surface area (Å²) in [6.45, 7) is 7.61. The third-order valence-electron chi connectivity index (χ3n) is 3.14. The zero-order chi connectivity index (χ0) is 12.8. The summed E-state index contributed by atoms with van der Waals surface area (Å²) in [4.78, 5) is 2.51. The molecule has 0 aromatic heterocycles. The first kappa shape index (κ1) is 20.2. The standard InChI is InChI=1S/C14H21IN2O.2ClH/c1-12-11-17(8-6-16-12)7-3-9-18-14-5-2-4-13(15)10-14;;/h2,4-5,10,12,16H,3,6-9,11H2,1H3;2*1H/t12-;;/m1../s1. The lowest BCUT2D eigenvalue weighted by atomic mass is 10.2. The van der Waals surface area contributed by atoms with Gasteiger partial charge in [0.1, 0.15) is 5.75 Å². The number of nitrogens with zero attached hydrogens (tertiary/aromatic N) is 1. The van der Waals surface area contributed by atoms with Crippen molar-refractivity contribution in [2.75, 3.05) is 32.8 Å². The van der Waals surface area contributed by atoms with Gasteiger partial charge in [-0.15, -0.1) is 24.8 Å². The van der Waals surface area contributed by atoms with Gasteiger partial charge in [-0.2, -0.15) is 0 Å². The molecule has 0 bridgehead atoms. The van der Waals surface area contributed by atoms with Gasteiger partial charge >= 0.3 is 0 Å². The number of ether oxygens (including phenoxy) is 1. The number of halogens is 3. The second-order valence-electron chi connectivity index (χ2n) is 4.82. The van der Waals surface area contributed by atoms with Crippen molar-refractivity contribution in [3.8, 4) is 5.75 Å². The number of piperazine rings is 1. The zero-order valence-corrected chi connectivity index (χ0v) is 15.5. The predicted octanol–water partition coefficient (Wildman–Crippen LogP) is 3.20. The van der Waals surface area contributed by atoms with E-state index in [1.54, 1.807) is 0 Å². The lowest BCUT2D eigenvalue weighted by molar-refractivity contribution is 0.189. The highest BCUT2D eigenvalue weighted by molar-refractivity contribution is 14.1. The van der Waals surface area contributed by atoms with E-state index in [2.05, 4.69) is 51.9 Å². The van der Waals surface area contributed by atoms with Gasteiger partial charge in [0, 0.05) is 35.8 Å². The van der Waals surface area contributed by atoms with Crippen LogP contribution in [0.4, 0.5) is 0 Å². The summed E-state index contributed by atoms with van der Waals surface area (Å²) in [7, 11) is 0. The third-order valence-corrected chi connectivity index (χ3v) is 3.81. The summed E-state index contributed by atoms with van der Waals surface area (Å²) in [5, 5.41) is 3.46. The minimum atomic E-state index is 0. The molecule has 0 radical (unpaired) electrons. The molecule has 0 unspecified atom stereocenters. The van der Waals surface area contributed by atoms with Crippen LogP contribution in [0.25, 0.3) is 0 Å². The molecule has 3 nitrogen and oxygen atoms in total. The Balaban J connectivity index is 0.00000180. The van der Waals surface area contributed by atoms with E-state index in [9.17, 15) is 0 Å². The predicted molar refractivity (Wildman–Crippen MR) is 97.7 cm³/mol. The fourth-order valence-corrected chi connectivity index (χ4v) is 2.76. The van der Waals surface area contributed by atoms with Crippen LogP contribution in [0.2, 0.25) is 0 Å². The fourth-order valence-electron chi connectivity index (χ4n) is 2.25. The average Bonchev–Trinajstić information content (AvgIpc) is 2.35. The van der Waals surface area contributed by atoms with E-state index in [0.29, 0.717) is 6.04 Å². The molecular formula is C14H23Cl2IN2O. The van der Waals surface area contributed by atoms with Crippen molar-refractivity contribution in [1.29, 1.82) is 0 Å². The van der Waals surface area contributed by atoms with Gasteiger partial charge in [0.15, 0.2) is 0 Å². The Kier molecular flexibility index (Phi) is 11.0. The Bertz CT molecular complexity index is 382. The average molecular weight is 433 g/mol. The van der Waals surface area contributed by atoms with E-state index in [1.165, 1.54) is 3.57 Å². The van der Waals surface area contributed by atoms with Crippen molar-refractivity contribution in [2.24, 2.45) is 0 Å². The summed E-state index contributed by atoms with van der Waals surface area (Å²) < 4.78 is 6.98. The van der Waals surface area contributed by atoms with Crippen LogP contribution in [-0.2, 0) is 0 Å². The normalized spacial score (nSPS) is 18.8. The number of hydrogen-bond donors (Lipinski definition) is 1. The minimum absolute atomic E-state index is 0. The molecular weight excluding hydrogens is 410 g/mol. The molecule has 1 atom stereocenters. The minimum Gasteiger partial charge on any atom is -0.494 e. The number of nitrogens with one attached hydrogen (secondary N) is 1. The fraction of sp³-hybridized carbons (Fsp3) is 0.571. The molecule has 1 saturated heterocycles. The van der Waals surface area contributed by atoms with Gasteiger partial charge in [0.2, 0.25) is 0 Å². The Morgan fingerprint density at radius 2 is 2.20 bits per heavy atom. The SMILES string of the molecule is C[C@@H]1CN(CCCOc2cccc(I)c2)CCN1.Cl.Cl. The van der Waals surface area contributed by atoms with E-state index < -0.39 is 0 Å². The van der Waals surface area contributed by atoms with Gasteiger partial charge in [0.25, 0.3) is 0 Å². The summed E-state index contributed by atoms with van der Waals surface area (Å²) in [5.41, 5.74) is 0. The van der Waals surface area contributed by atoms with Gasteiger partial charge in [-0.3, -0.25) is 0 Å². The highest BCUT2D eigenvalue weighted by atomic mass is 127. The Labute approximate surface area is 147 Å². The van der Waals surface area contributed by atoms with Crippen LogP contribution in [0, 0.1) is 3.57 Å². The second-order valence-corrected chi connectivity index (χ2v) is 6.06. The van der Waals surface area contributed by atoms with E-state index >= 15 is 0 Å². The van der Waals surface area contributed by atoms with Crippen LogP contribution in [0.3, 0.4) is 0 Å².